The van der Waals surface area contributed by atoms with E-state index in [1.807, 2.05) is 67.6 Å². The molecule has 2 saturated heterocycles. The molecule has 2 heterocycles. The number of rotatable bonds is 6. The molecule has 2 aromatic rings. The van der Waals surface area contributed by atoms with Crippen LogP contribution in [-0.4, -0.2) is 66.9 Å². The average molecular weight is 484 g/mol. The molecule has 0 spiro atoms. The molecule has 2 aliphatic rings. The highest BCUT2D eigenvalue weighted by atomic mass is 32.2. The third-order valence-corrected chi connectivity index (χ3v) is 8.73. The summed E-state index contributed by atoms with van der Waals surface area (Å²) in [4.78, 5) is 30.0. The van der Waals surface area contributed by atoms with Gasteiger partial charge in [0.2, 0.25) is 15.9 Å². The second kappa shape index (κ2) is 9.88. The number of amides is 3. The SMILES string of the molecule is C[C@H]1[C@@H](c2ccccc2)N(C(=O)C[C@@H](c2ccccc2)C2CCN(S(C)(=O)=O)CC2)C(=O)N1C. The Kier molecular flexibility index (Phi) is 7.09. The van der Waals surface area contributed by atoms with Crippen LogP contribution in [0.3, 0.4) is 0 Å². The minimum atomic E-state index is -3.23. The Morgan fingerprint density at radius 1 is 1.00 bits per heavy atom. The van der Waals surface area contributed by atoms with E-state index in [1.165, 1.54) is 15.5 Å². The number of nitrogens with zero attached hydrogens (tertiary/aromatic N) is 3. The van der Waals surface area contributed by atoms with Crippen LogP contribution in [0.15, 0.2) is 60.7 Å². The van der Waals surface area contributed by atoms with Crippen LogP contribution in [-0.2, 0) is 14.8 Å². The van der Waals surface area contributed by atoms with Crippen LogP contribution in [0.5, 0.6) is 0 Å². The van der Waals surface area contributed by atoms with Crippen LogP contribution in [0.1, 0.15) is 49.3 Å². The Hall–Kier alpha value is -2.71. The molecule has 2 fully saturated rings. The van der Waals surface area contributed by atoms with Gasteiger partial charge in [0.15, 0.2) is 0 Å². The van der Waals surface area contributed by atoms with Crippen LogP contribution in [0.2, 0.25) is 0 Å². The van der Waals surface area contributed by atoms with Gasteiger partial charge in [-0.25, -0.2) is 17.5 Å². The van der Waals surface area contributed by atoms with E-state index in [-0.39, 0.29) is 42.3 Å². The summed E-state index contributed by atoms with van der Waals surface area (Å²) in [6.07, 6.45) is 2.83. The van der Waals surface area contributed by atoms with Crippen molar-refractivity contribution in [3.05, 3.63) is 71.8 Å². The number of piperidine rings is 1. The Morgan fingerprint density at radius 2 is 1.56 bits per heavy atom. The van der Waals surface area contributed by atoms with Crippen LogP contribution in [0.4, 0.5) is 4.79 Å². The average Bonchev–Trinajstić information content (AvgIpc) is 3.07. The fraction of sp³-hybridized carbons (Fsp3) is 0.462. The van der Waals surface area contributed by atoms with Crippen molar-refractivity contribution in [2.75, 3.05) is 26.4 Å². The second-order valence-corrected chi connectivity index (χ2v) is 11.5. The standard InChI is InChI=1S/C26H33N3O4S/c1-19-25(22-12-8-5-9-13-22)29(26(31)27(19)2)24(30)18-23(20-10-6-4-7-11-20)21-14-16-28(17-15-21)34(3,32)33/h4-13,19,21,23,25H,14-18H2,1-3H3/t19-,23-,25-/m0/s1. The van der Waals surface area contributed by atoms with Crippen LogP contribution >= 0.6 is 0 Å². The summed E-state index contributed by atoms with van der Waals surface area (Å²) >= 11 is 0. The van der Waals surface area contributed by atoms with E-state index >= 15 is 0 Å². The van der Waals surface area contributed by atoms with Crippen molar-refractivity contribution in [1.82, 2.24) is 14.1 Å². The smallest absolute Gasteiger partial charge is 0.322 e. The number of hydrogen-bond acceptors (Lipinski definition) is 4. The molecular weight excluding hydrogens is 450 g/mol. The maximum absolute atomic E-state index is 13.8. The molecule has 2 aliphatic heterocycles. The molecular formula is C26H33N3O4S. The molecule has 0 unspecified atom stereocenters. The first-order chi connectivity index (χ1) is 16.2. The number of hydrogen-bond donors (Lipinski definition) is 0. The Morgan fingerprint density at radius 3 is 2.12 bits per heavy atom. The Balaban J connectivity index is 1.60. The molecule has 3 amide bonds. The van der Waals surface area contributed by atoms with Gasteiger partial charge in [0.05, 0.1) is 18.3 Å². The number of imide groups is 1. The highest BCUT2D eigenvalue weighted by Crippen LogP contribution is 2.40. The molecule has 0 N–H and O–H groups in total. The molecule has 7 nitrogen and oxygen atoms in total. The van der Waals surface area contributed by atoms with Crippen molar-refractivity contribution in [3.8, 4) is 0 Å². The maximum atomic E-state index is 13.8. The van der Waals surface area contributed by atoms with Crippen molar-refractivity contribution < 1.29 is 18.0 Å². The molecule has 0 bridgehead atoms. The Labute approximate surface area is 202 Å². The van der Waals surface area contributed by atoms with Gasteiger partial charge in [-0.1, -0.05) is 60.7 Å². The number of benzene rings is 2. The summed E-state index contributed by atoms with van der Waals surface area (Å²) in [5.41, 5.74) is 2.00. The van der Waals surface area contributed by atoms with Gasteiger partial charge in [0, 0.05) is 26.6 Å². The maximum Gasteiger partial charge on any atom is 0.327 e. The lowest BCUT2D eigenvalue weighted by Gasteiger charge is -2.36. The fourth-order valence-electron chi connectivity index (χ4n) is 5.38. The third kappa shape index (κ3) is 4.88. The summed E-state index contributed by atoms with van der Waals surface area (Å²) in [7, 11) is -1.48. The van der Waals surface area contributed by atoms with Gasteiger partial charge < -0.3 is 4.90 Å². The van der Waals surface area contributed by atoms with Gasteiger partial charge in [-0.15, -0.1) is 0 Å². The lowest BCUT2D eigenvalue weighted by Crippen LogP contribution is -2.41. The largest absolute Gasteiger partial charge is 0.327 e. The highest BCUT2D eigenvalue weighted by Gasteiger charge is 2.46. The molecule has 2 aromatic carbocycles. The van der Waals surface area contributed by atoms with Gasteiger partial charge in [0.25, 0.3) is 0 Å². The van der Waals surface area contributed by atoms with Crippen LogP contribution in [0.25, 0.3) is 0 Å². The molecule has 0 aromatic heterocycles. The number of likely N-dealkylation sites (N-methyl/N-ethyl adjacent to an activating group) is 1. The van der Waals surface area contributed by atoms with Crippen molar-refractivity contribution in [1.29, 1.82) is 0 Å². The van der Waals surface area contributed by atoms with E-state index in [9.17, 15) is 18.0 Å². The molecule has 3 atom stereocenters. The van der Waals surface area contributed by atoms with Gasteiger partial charge in [-0.2, -0.15) is 0 Å². The predicted molar refractivity (Wildman–Crippen MR) is 132 cm³/mol. The van der Waals surface area contributed by atoms with E-state index < -0.39 is 10.0 Å². The van der Waals surface area contributed by atoms with E-state index in [0.29, 0.717) is 25.9 Å². The van der Waals surface area contributed by atoms with Gasteiger partial charge >= 0.3 is 6.03 Å². The third-order valence-electron chi connectivity index (χ3n) is 7.42. The quantitative estimate of drug-likeness (QED) is 0.625. The summed E-state index contributed by atoms with van der Waals surface area (Å²) in [5.74, 6) is -0.109. The van der Waals surface area contributed by atoms with Crippen molar-refractivity contribution in [2.24, 2.45) is 5.92 Å². The number of carbonyl (C=O) groups is 2. The van der Waals surface area contributed by atoms with Gasteiger partial charge in [0.1, 0.15) is 0 Å². The first-order valence-corrected chi connectivity index (χ1v) is 13.7. The van der Waals surface area contributed by atoms with Crippen LogP contribution < -0.4 is 0 Å². The molecule has 0 radical (unpaired) electrons. The molecule has 182 valence electrons. The van der Waals surface area contributed by atoms with Gasteiger partial charge in [-0.3, -0.25) is 9.69 Å². The fourth-order valence-corrected chi connectivity index (χ4v) is 6.26. The highest BCUT2D eigenvalue weighted by molar-refractivity contribution is 7.88. The monoisotopic (exact) mass is 483 g/mol. The minimum Gasteiger partial charge on any atom is -0.322 e. The number of sulfonamides is 1. The van der Waals surface area contributed by atoms with E-state index in [0.717, 1.165) is 11.1 Å². The summed E-state index contributed by atoms with van der Waals surface area (Å²) < 4.78 is 25.5. The summed E-state index contributed by atoms with van der Waals surface area (Å²) in [6, 6.07) is 18.9. The van der Waals surface area contributed by atoms with Crippen LogP contribution in [0, 0.1) is 5.92 Å². The van der Waals surface area contributed by atoms with Crippen molar-refractivity contribution in [2.45, 2.75) is 44.2 Å². The molecule has 0 saturated carbocycles. The zero-order valence-electron chi connectivity index (χ0n) is 20.0. The zero-order valence-corrected chi connectivity index (χ0v) is 20.8. The lowest BCUT2D eigenvalue weighted by molar-refractivity contribution is -0.130. The first-order valence-electron chi connectivity index (χ1n) is 11.8. The second-order valence-electron chi connectivity index (χ2n) is 9.47. The normalized spacial score (nSPS) is 23.3. The lowest BCUT2D eigenvalue weighted by atomic mass is 9.78. The number of urea groups is 1. The summed E-state index contributed by atoms with van der Waals surface area (Å²) in [5, 5.41) is 0. The first kappa shape index (κ1) is 24.4. The minimum absolute atomic E-state index is 0.0826. The molecule has 8 heteroatoms. The molecule has 4 rings (SSSR count). The Bertz CT molecular complexity index is 1120. The van der Waals surface area contributed by atoms with Gasteiger partial charge in [-0.05, 0) is 42.7 Å². The number of carbonyl (C=O) groups excluding carboxylic acids is 2. The summed E-state index contributed by atoms with van der Waals surface area (Å²) in [6.45, 7) is 2.88. The van der Waals surface area contributed by atoms with Crippen molar-refractivity contribution in [3.63, 3.8) is 0 Å². The van der Waals surface area contributed by atoms with E-state index in [4.69, 9.17) is 0 Å². The zero-order chi connectivity index (χ0) is 24.5. The molecule has 0 aliphatic carbocycles. The van der Waals surface area contributed by atoms with E-state index in [2.05, 4.69) is 0 Å². The molecule has 34 heavy (non-hydrogen) atoms. The topological polar surface area (TPSA) is 78.0 Å². The van der Waals surface area contributed by atoms with E-state index in [1.54, 1.807) is 11.9 Å². The van der Waals surface area contributed by atoms with Crippen molar-refractivity contribution >= 4 is 22.0 Å². The predicted octanol–water partition coefficient (Wildman–Crippen LogP) is 3.86.